The summed E-state index contributed by atoms with van der Waals surface area (Å²) < 4.78 is 12.1. The van der Waals surface area contributed by atoms with Crippen LogP contribution in [-0.4, -0.2) is 7.11 Å². The molecule has 5 aromatic rings. The maximum Gasteiger partial charge on any atom is 0.134 e. The quantitative estimate of drug-likeness (QED) is 0.279. The Hall–Kier alpha value is -3.78. The van der Waals surface area contributed by atoms with E-state index in [1.54, 1.807) is 7.11 Å². The van der Waals surface area contributed by atoms with E-state index in [1.165, 1.54) is 16.5 Å². The summed E-state index contributed by atoms with van der Waals surface area (Å²) in [6.07, 6.45) is 1.68. The van der Waals surface area contributed by atoms with Crippen LogP contribution in [0.2, 0.25) is 0 Å². The topological polar surface area (TPSA) is 22.4 Å². The van der Waals surface area contributed by atoms with E-state index in [0.29, 0.717) is 0 Å². The second kappa shape index (κ2) is 8.76. The lowest BCUT2D eigenvalue weighted by Gasteiger charge is -2.17. The maximum absolute atomic E-state index is 6.17. The molecular formula is C30H26O2. The van der Waals surface area contributed by atoms with Gasteiger partial charge in [-0.1, -0.05) is 85.8 Å². The summed E-state index contributed by atoms with van der Waals surface area (Å²) in [5.41, 5.74) is 7.98. The molecule has 32 heavy (non-hydrogen) atoms. The van der Waals surface area contributed by atoms with Crippen LogP contribution in [0.5, 0.6) is 5.75 Å². The van der Waals surface area contributed by atoms with E-state index in [-0.39, 0.29) is 0 Å². The van der Waals surface area contributed by atoms with Gasteiger partial charge in [-0.2, -0.15) is 0 Å². The van der Waals surface area contributed by atoms with Crippen molar-refractivity contribution in [3.8, 4) is 28.0 Å². The van der Waals surface area contributed by atoms with Gasteiger partial charge in [0, 0.05) is 34.9 Å². The van der Waals surface area contributed by atoms with Crippen molar-refractivity contribution in [2.75, 3.05) is 7.11 Å². The zero-order valence-electron chi connectivity index (χ0n) is 18.5. The number of furan rings is 1. The van der Waals surface area contributed by atoms with Gasteiger partial charge in [0.1, 0.15) is 17.1 Å². The van der Waals surface area contributed by atoms with Crippen LogP contribution >= 0.6 is 0 Å². The molecule has 0 atom stereocenters. The van der Waals surface area contributed by atoms with Gasteiger partial charge in [-0.25, -0.2) is 0 Å². The first-order valence-corrected chi connectivity index (χ1v) is 11.1. The van der Waals surface area contributed by atoms with E-state index in [1.807, 2.05) is 18.2 Å². The Morgan fingerprint density at radius 1 is 0.719 bits per heavy atom. The minimum Gasteiger partial charge on any atom is -0.495 e. The first kappa shape index (κ1) is 20.1. The van der Waals surface area contributed by atoms with Crippen molar-refractivity contribution < 1.29 is 9.15 Å². The highest BCUT2D eigenvalue weighted by Crippen LogP contribution is 2.41. The largest absolute Gasteiger partial charge is 0.495 e. The van der Waals surface area contributed by atoms with Crippen LogP contribution in [0.15, 0.2) is 101 Å². The molecule has 1 aromatic heterocycles. The summed E-state index contributed by atoms with van der Waals surface area (Å²) in [4.78, 5) is 0. The second-order valence-electron chi connectivity index (χ2n) is 7.99. The van der Waals surface area contributed by atoms with E-state index in [2.05, 4.69) is 85.8 Å². The summed E-state index contributed by atoms with van der Waals surface area (Å²) in [6, 6.07) is 33.8. The summed E-state index contributed by atoms with van der Waals surface area (Å²) in [7, 11) is 1.76. The fraction of sp³-hybridized carbons (Fsp3) is 0.133. The van der Waals surface area contributed by atoms with Crippen LogP contribution in [-0.2, 0) is 12.8 Å². The first-order chi connectivity index (χ1) is 15.8. The zero-order valence-corrected chi connectivity index (χ0v) is 18.5. The molecule has 5 rings (SSSR count). The van der Waals surface area contributed by atoms with Crippen molar-refractivity contribution in [3.63, 3.8) is 0 Å². The van der Waals surface area contributed by atoms with Gasteiger partial charge in [0.15, 0.2) is 0 Å². The van der Waals surface area contributed by atoms with Crippen molar-refractivity contribution in [1.29, 1.82) is 0 Å². The lowest BCUT2D eigenvalue weighted by Crippen LogP contribution is -1.97. The summed E-state index contributed by atoms with van der Waals surface area (Å²) >= 11 is 0. The number of aryl methyl sites for hydroxylation is 1. The van der Waals surface area contributed by atoms with Gasteiger partial charge in [0.25, 0.3) is 0 Å². The third-order valence-corrected chi connectivity index (χ3v) is 6.01. The summed E-state index contributed by atoms with van der Waals surface area (Å²) in [5, 5.41) is 1.20. The number of ether oxygens (including phenoxy) is 1. The average molecular weight is 419 g/mol. The van der Waals surface area contributed by atoms with Crippen molar-refractivity contribution >= 4 is 11.0 Å². The highest BCUT2D eigenvalue weighted by Gasteiger charge is 2.18. The SMILES string of the molecule is CCc1oc2ccccc2c1Cc1cc(-c2ccccc2)c(OC)c(-c2ccccc2)c1. The van der Waals surface area contributed by atoms with Gasteiger partial charge >= 0.3 is 0 Å². The maximum atomic E-state index is 6.17. The van der Waals surface area contributed by atoms with Crippen LogP contribution in [0.25, 0.3) is 33.2 Å². The van der Waals surface area contributed by atoms with E-state index >= 15 is 0 Å². The molecule has 1 heterocycles. The third-order valence-electron chi connectivity index (χ3n) is 6.01. The molecule has 0 N–H and O–H groups in total. The van der Waals surface area contributed by atoms with Gasteiger partial charge in [-0.15, -0.1) is 0 Å². The van der Waals surface area contributed by atoms with Crippen LogP contribution in [0.1, 0.15) is 23.8 Å². The molecule has 0 aliphatic rings. The zero-order chi connectivity index (χ0) is 21.9. The number of methoxy groups -OCH3 is 1. The number of fused-ring (bicyclic) bond motifs is 1. The first-order valence-electron chi connectivity index (χ1n) is 11.1. The van der Waals surface area contributed by atoms with Crippen molar-refractivity contribution in [2.24, 2.45) is 0 Å². The van der Waals surface area contributed by atoms with Gasteiger partial charge in [0.05, 0.1) is 7.11 Å². The molecule has 0 spiro atoms. The standard InChI is InChI=1S/C30H26O2/c1-3-28-27(24-16-10-11-17-29(24)32-28)20-21-18-25(22-12-6-4-7-13-22)30(31-2)26(19-21)23-14-8-5-9-15-23/h4-19H,3,20H2,1-2H3. The Morgan fingerprint density at radius 3 is 1.84 bits per heavy atom. The molecule has 0 aliphatic carbocycles. The number of hydrogen-bond donors (Lipinski definition) is 0. The molecule has 0 amide bonds. The normalized spacial score (nSPS) is 11.1. The van der Waals surface area contributed by atoms with Crippen LogP contribution in [0.4, 0.5) is 0 Å². The van der Waals surface area contributed by atoms with E-state index in [4.69, 9.17) is 9.15 Å². The molecule has 158 valence electrons. The summed E-state index contributed by atoms with van der Waals surface area (Å²) in [5.74, 6) is 1.96. The minimum atomic E-state index is 0.809. The van der Waals surface area contributed by atoms with E-state index in [9.17, 15) is 0 Å². The predicted molar refractivity (Wildman–Crippen MR) is 132 cm³/mol. The summed E-state index contributed by atoms with van der Waals surface area (Å²) in [6.45, 7) is 2.15. The lowest BCUT2D eigenvalue weighted by molar-refractivity contribution is 0.418. The number of para-hydroxylation sites is 1. The van der Waals surface area contributed by atoms with Gasteiger partial charge in [-0.3, -0.25) is 0 Å². The number of hydrogen-bond acceptors (Lipinski definition) is 2. The second-order valence-corrected chi connectivity index (χ2v) is 7.99. The lowest BCUT2D eigenvalue weighted by atomic mass is 9.91. The Balaban J connectivity index is 1.72. The number of benzene rings is 4. The molecule has 0 fully saturated rings. The Bertz CT molecular complexity index is 1290. The van der Waals surface area contributed by atoms with Crippen molar-refractivity contribution in [1.82, 2.24) is 0 Å². The van der Waals surface area contributed by atoms with E-state index < -0.39 is 0 Å². The molecule has 0 saturated heterocycles. The smallest absolute Gasteiger partial charge is 0.134 e. The Labute approximate surface area is 189 Å². The molecular weight excluding hydrogens is 392 g/mol. The highest BCUT2D eigenvalue weighted by molar-refractivity contribution is 5.85. The average Bonchev–Trinajstić information content (AvgIpc) is 3.22. The molecule has 4 aromatic carbocycles. The molecule has 0 radical (unpaired) electrons. The fourth-order valence-electron chi connectivity index (χ4n) is 4.51. The molecule has 2 heteroatoms. The fourth-order valence-corrected chi connectivity index (χ4v) is 4.51. The number of rotatable bonds is 6. The highest BCUT2D eigenvalue weighted by atomic mass is 16.5. The minimum absolute atomic E-state index is 0.809. The van der Waals surface area contributed by atoms with Crippen molar-refractivity contribution in [3.05, 3.63) is 114 Å². The van der Waals surface area contributed by atoms with Gasteiger partial charge in [0.2, 0.25) is 0 Å². The van der Waals surface area contributed by atoms with Crippen LogP contribution in [0, 0.1) is 0 Å². The molecule has 0 bridgehead atoms. The molecule has 2 nitrogen and oxygen atoms in total. The van der Waals surface area contributed by atoms with Gasteiger partial charge < -0.3 is 9.15 Å². The third kappa shape index (κ3) is 3.69. The molecule has 0 unspecified atom stereocenters. The van der Waals surface area contributed by atoms with E-state index in [0.717, 1.165) is 52.2 Å². The van der Waals surface area contributed by atoms with Crippen molar-refractivity contribution in [2.45, 2.75) is 19.8 Å². The Kier molecular flexibility index (Phi) is 5.51. The van der Waals surface area contributed by atoms with Crippen LogP contribution in [0.3, 0.4) is 0 Å². The monoisotopic (exact) mass is 418 g/mol. The molecule has 0 aliphatic heterocycles. The Morgan fingerprint density at radius 2 is 1.28 bits per heavy atom. The molecule has 0 saturated carbocycles. The van der Waals surface area contributed by atoms with Gasteiger partial charge in [-0.05, 0) is 34.9 Å². The van der Waals surface area contributed by atoms with Crippen LogP contribution < -0.4 is 4.74 Å². The predicted octanol–water partition coefficient (Wildman–Crippen LogP) is 7.93.